The van der Waals surface area contributed by atoms with Crippen LogP contribution in [-0.2, 0) is 5.54 Å². The molecule has 3 rings (SSSR count). The molecule has 0 fully saturated rings. The molecule has 0 spiro atoms. The summed E-state index contributed by atoms with van der Waals surface area (Å²) in [6, 6.07) is 13.1. The van der Waals surface area contributed by atoms with Crippen LogP contribution in [0.5, 0.6) is 11.5 Å². The van der Waals surface area contributed by atoms with E-state index in [4.69, 9.17) is 9.47 Å². The summed E-state index contributed by atoms with van der Waals surface area (Å²) in [6.07, 6.45) is 0. The number of halogens is 1. The normalized spacial score (nSPS) is 13.5. The van der Waals surface area contributed by atoms with Gasteiger partial charge in [-0.25, -0.2) is 0 Å². The number of ether oxygens (including phenoxy) is 2. The lowest BCUT2D eigenvalue weighted by Gasteiger charge is -2.28. The Hall–Kier alpha value is -2.01. The van der Waals surface area contributed by atoms with Crippen LogP contribution in [0, 0.1) is 0 Å². The van der Waals surface area contributed by atoms with E-state index in [9.17, 15) is 4.79 Å². The monoisotopic (exact) mass is 375 g/mol. The lowest BCUT2D eigenvalue weighted by atomic mass is 9.93. The number of carbonyl (C=O) groups is 1. The molecule has 1 aliphatic heterocycles. The van der Waals surface area contributed by atoms with E-state index in [1.165, 1.54) is 0 Å². The fourth-order valence-corrected chi connectivity index (χ4v) is 2.89. The molecule has 4 nitrogen and oxygen atoms in total. The molecule has 23 heavy (non-hydrogen) atoms. The molecule has 0 bridgehead atoms. The predicted molar refractivity (Wildman–Crippen MR) is 92.1 cm³/mol. The quantitative estimate of drug-likeness (QED) is 0.885. The third-order valence-electron chi connectivity index (χ3n) is 3.78. The maximum Gasteiger partial charge on any atom is 0.251 e. The van der Waals surface area contributed by atoms with Crippen LogP contribution < -0.4 is 14.8 Å². The molecule has 1 heterocycles. The standard InChI is InChI=1S/C18H18BrNO3/c1-18(2,20-17(21)12-4-3-5-14(19)10-12)13-6-7-15-16(11-13)23-9-8-22-15/h3-7,10-11H,8-9H2,1-2H3,(H,20,21). The van der Waals surface area contributed by atoms with Gasteiger partial charge in [0.15, 0.2) is 11.5 Å². The molecule has 1 amide bonds. The van der Waals surface area contributed by atoms with E-state index in [0.717, 1.165) is 21.5 Å². The van der Waals surface area contributed by atoms with Crippen LogP contribution in [0.4, 0.5) is 0 Å². The Kier molecular flexibility index (Phi) is 4.31. The van der Waals surface area contributed by atoms with E-state index in [1.807, 2.05) is 44.2 Å². The van der Waals surface area contributed by atoms with Gasteiger partial charge in [0.2, 0.25) is 0 Å². The van der Waals surface area contributed by atoms with E-state index < -0.39 is 5.54 Å². The van der Waals surface area contributed by atoms with Crippen molar-refractivity contribution < 1.29 is 14.3 Å². The third-order valence-corrected chi connectivity index (χ3v) is 4.27. The van der Waals surface area contributed by atoms with Crippen molar-refractivity contribution in [3.05, 3.63) is 58.1 Å². The molecule has 2 aromatic carbocycles. The topological polar surface area (TPSA) is 47.6 Å². The SMILES string of the molecule is CC(C)(NC(=O)c1cccc(Br)c1)c1ccc2c(c1)OCCO2. The highest BCUT2D eigenvalue weighted by Gasteiger charge is 2.25. The molecule has 1 N–H and O–H groups in total. The van der Waals surface area contributed by atoms with E-state index in [-0.39, 0.29) is 5.91 Å². The van der Waals surface area contributed by atoms with Gasteiger partial charge in [-0.05, 0) is 49.7 Å². The van der Waals surface area contributed by atoms with Crippen molar-refractivity contribution in [1.82, 2.24) is 5.32 Å². The summed E-state index contributed by atoms with van der Waals surface area (Å²) in [7, 11) is 0. The Morgan fingerprint density at radius 1 is 1.09 bits per heavy atom. The maximum atomic E-state index is 12.5. The number of nitrogens with one attached hydrogen (secondary N) is 1. The average molecular weight is 376 g/mol. The summed E-state index contributed by atoms with van der Waals surface area (Å²) in [4.78, 5) is 12.5. The highest BCUT2D eigenvalue weighted by atomic mass is 79.9. The number of rotatable bonds is 3. The maximum absolute atomic E-state index is 12.5. The minimum absolute atomic E-state index is 0.119. The molecule has 5 heteroatoms. The van der Waals surface area contributed by atoms with Gasteiger partial charge in [-0.2, -0.15) is 0 Å². The Bertz CT molecular complexity index is 743. The van der Waals surface area contributed by atoms with Gasteiger partial charge in [-0.1, -0.05) is 28.1 Å². The van der Waals surface area contributed by atoms with Crippen molar-refractivity contribution >= 4 is 21.8 Å². The molecule has 1 aliphatic rings. The van der Waals surface area contributed by atoms with E-state index in [0.29, 0.717) is 18.8 Å². The Labute approximate surface area is 143 Å². The summed E-state index contributed by atoms with van der Waals surface area (Å²) in [5, 5.41) is 3.07. The van der Waals surface area contributed by atoms with Crippen molar-refractivity contribution in [3.63, 3.8) is 0 Å². The second kappa shape index (κ2) is 6.24. The lowest BCUT2D eigenvalue weighted by Crippen LogP contribution is -2.41. The number of fused-ring (bicyclic) bond motifs is 1. The van der Waals surface area contributed by atoms with Gasteiger partial charge >= 0.3 is 0 Å². The smallest absolute Gasteiger partial charge is 0.251 e. The van der Waals surface area contributed by atoms with Crippen LogP contribution in [-0.4, -0.2) is 19.1 Å². The molecule has 0 saturated heterocycles. The van der Waals surface area contributed by atoms with Crippen LogP contribution in [0.3, 0.4) is 0 Å². The predicted octanol–water partition coefficient (Wildman–Crippen LogP) is 3.89. The molecule has 0 aliphatic carbocycles. The number of hydrogen-bond donors (Lipinski definition) is 1. The van der Waals surface area contributed by atoms with Gasteiger partial charge in [0.05, 0.1) is 5.54 Å². The van der Waals surface area contributed by atoms with Gasteiger partial charge in [-0.15, -0.1) is 0 Å². The second-order valence-corrected chi connectivity index (χ2v) is 6.86. The van der Waals surface area contributed by atoms with Gasteiger partial charge in [-0.3, -0.25) is 4.79 Å². The van der Waals surface area contributed by atoms with Gasteiger partial charge in [0.25, 0.3) is 5.91 Å². The zero-order valence-electron chi connectivity index (χ0n) is 13.1. The van der Waals surface area contributed by atoms with Crippen molar-refractivity contribution in [2.45, 2.75) is 19.4 Å². The summed E-state index contributed by atoms with van der Waals surface area (Å²) >= 11 is 3.39. The molecule has 0 aromatic heterocycles. The first-order chi connectivity index (χ1) is 11.0. The summed E-state index contributed by atoms with van der Waals surface area (Å²) in [6.45, 7) is 5.04. The molecule has 0 radical (unpaired) electrons. The highest BCUT2D eigenvalue weighted by molar-refractivity contribution is 9.10. The first-order valence-electron chi connectivity index (χ1n) is 7.44. The number of benzene rings is 2. The Morgan fingerprint density at radius 3 is 2.57 bits per heavy atom. The van der Waals surface area contributed by atoms with Gasteiger partial charge in [0.1, 0.15) is 13.2 Å². The first-order valence-corrected chi connectivity index (χ1v) is 8.23. The minimum Gasteiger partial charge on any atom is -0.486 e. The van der Waals surface area contributed by atoms with Gasteiger partial charge < -0.3 is 14.8 Å². The fraction of sp³-hybridized carbons (Fsp3) is 0.278. The lowest BCUT2D eigenvalue weighted by molar-refractivity contribution is 0.0911. The zero-order chi connectivity index (χ0) is 16.4. The fourth-order valence-electron chi connectivity index (χ4n) is 2.49. The van der Waals surface area contributed by atoms with Crippen LogP contribution in [0.2, 0.25) is 0 Å². The van der Waals surface area contributed by atoms with Crippen LogP contribution in [0.25, 0.3) is 0 Å². The second-order valence-electron chi connectivity index (χ2n) is 5.95. The van der Waals surface area contributed by atoms with Gasteiger partial charge in [0, 0.05) is 10.0 Å². The zero-order valence-corrected chi connectivity index (χ0v) is 14.6. The van der Waals surface area contributed by atoms with Crippen LogP contribution in [0.1, 0.15) is 29.8 Å². The minimum atomic E-state index is -0.533. The number of hydrogen-bond acceptors (Lipinski definition) is 3. The molecular weight excluding hydrogens is 358 g/mol. The number of carbonyl (C=O) groups excluding carboxylic acids is 1. The van der Waals surface area contributed by atoms with Crippen LogP contribution >= 0.6 is 15.9 Å². The molecule has 0 unspecified atom stereocenters. The van der Waals surface area contributed by atoms with E-state index in [2.05, 4.69) is 21.2 Å². The van der Waals surface area contributed by atoms with Crippen molar-refractivity contribution in [2.75, 3.05) is 13.2 Å². The highest BCUT2D eigenvalue weighted by Crippen LogP contribution is 2.34. The Balaban J connectivity index is 1.82. The molecule has 0 atom stereocenters. The molecule has 120 valence electrons. The summed E-state index contributed by atoms with van der Waals surface area (Å²) in [5.41, 5.74) is 1.05. The average Bonchev–Trinajstić information content (AvgIpc) is 2.54. The summed E-state index contributed by atoms with van der Waals surface area (Å²) in [5.74, 6) is 1.35. The molecule has 2 aromatic rings. The molecular formula is C18H18BrNO3. The first kappa shape index (κ1) is 15.9. The Morgan fingerprint density at radius 2 is 1.83 bits per heavy atom. The van der Waals surface area contributed by atoms with Crippen LogP contribution in [0.15, 0.2) is 46.9 Å². The molecule has 0 saturated carbocycles. The summed E-state index contributed by atoms with van der Waals surface area (Å²) < 4.78 is 12.0. The van der Waals surface area contributed by atoms with Crippen molar-refractivity contribution in [3.8, 4) is 11.5 Å². The third kappa shape index (κ3) is 3.50. The van der Waals surface area contributed by atoms with E-state index >= 15 is 0 Å². The van der Waals surface area contributed by atoms with Crippen molar-refractivity contribution in [1.29, 1.82) is 0 Å². The van der Waals surface area contributed by atoms with Crippen molar-refractivity contribution in [2.24, 2.45) is 0 Å². The number of amides is 1. The largest absolute Gasteiger partial charge is 0.486 e. The van der Waals surface area contributed by atoms with E-state index in [1.54, 1.807) is 12.1 Å².